The summed E-state index contributed by atoms with van der Waals surface area (Å²) >= 11 is 5.20. The van der Waals surface area contributed by atoms with Gasteiger partial charge in [-0.3, -0.25) is 0 Å². The van der Waals surface area contributed by atoms with Crippen molar-refractivity contribution < 1.29 is 27.4 Å². The number of esters is 1. The molecule has 3 nitrogen and oxygen atoms in total. The van der Waals surface area contributed by atoms with E-state index in [0.717, 1.165) is 6.42 Å². The molecule has 1 atom stereocenters. The SMILES string of the molecule is CCC/C=C/COC(Cl)(C(=O)OCC)C(F)(F)F. The fourth-order valence-corrected chi connectivity index (χ4v) is 1.11. The third kappa shape index (κ3) is 4.86. The molecular weight excluding hydrogens is 273 g/mol. The summed E-state index contributed by atoms with van der Waals surface area (Å²) in [5.41, 5.74) is 0. The van der Waals surface area contributed by atoms with Crippen LogP contribution >= 0.6 is 11.6 Å². The second-order valence-corrected chi connectivity index (χ2v) is 3.92. The monoisotopic (exact) mass is 288 g/mol. The Balaban J connectivity index is 4.64. The second-order valence-electron chi connectivity index (χ2n) is 3.38. The molecule has 0 aromatic heterocycles. The molecule has 0 heterocycles. The molecule has 0 radical (unpaired) electrons. The topological polar surface area (TPSA) is 35.5 Å². The maximum absolute atomic E-state index is 12.7. The molecule has 0 spiro atoms. The minimum Gasteiger partial charge on any atom is -0.463 e. The van der Waals surface area contributed by atoms with E-state index in [4.69, 9.17) is 11.6 Å². The Morgan fingerprint density at radius 3 is 2.33 bits per heavy atom. The van der Waals surface area contributed by atoms with Crippen molar-refractivity contribution in [1.29, 1.82) is 0 Å². The van der Waals surface area contributed by atoms with Crippen LogP contribution in [0.25, 0.3) is 0 Å². The van der Waals surface area contributed by atoms with Gasteiger partial charge < -0.3 is 9.47 Å². The molecule has 0 N–H and O–H groups in total. The normalized spacial score (nSPS) is 15.7. The molecule has 0 rings (SSSR count). The van der Waals surface area contributed by atoms with Gasteiger partial charge in [-0.2, -0.15) is 13.2 Å². The summed E-state index contributed by atoms with van der Waals surface area (Å²) < 4.78 is 46.7. The zero-order valence-electron chi connectivity index (χ0n) is 10.2. The Hall–Kier alpha value is -0.750. The van der Waals surface area contributed by atoms with Gasteiger partial charge in [0.1, 0.15) is 0 Å². The average molecular weight is 289 g/mol. The Bertz CT molecular complexity index is 292. The molecule has 0 aliphatic carbocycles. The Labute approximate surface area is 109 Å². The highest BCUT2D eigenvalue weighted by molar-refractivity contribution is 6.33. The zero-order chi connectivity index (χ0) is 14.2. The fraction of sp³-hybridized carbons (Fsp3) is 0.727. The molecule has 1 unspecified atom stereocenters. The number of hydrogen-bond acceptors (Lipinski definition) is 3. The van der Waals surface area contributed by atoms with E-state index in [1.54, 1.807) is 6.08 Å². The summed E-state index contributed by atoms with van der Waals surface area (Å²) in [6, 6.07) is 0. The summed E-state index contributed by atoms with van der Waals surface area (Å²) in [7, 11) is 0. The number of allylic oxidation sites excluding steroid dienone is 1. The van der Waals surface area contributed by atoms with Crippen LogP contribution in [0.15, 0.2) is 12.2 Å². The van der Waals surface area contributed by atoms with Crippen LogP contribution in [0.4, 0.5) is 13.2 Å². The van der Waals surface area contributed by atoms with Crippen LogP contribution in [-0.2, 0) is 14.3 Å². The van der Waals surface area contributed by atoms with Gasteiger partial charge in [0, 0.05) is 0 Å². The molecule has 0 aromatic rings. The lowest BCUT2D eigenvalue weighted by molar-refractivity contribution is -0.244. The second kappa shape index (κ2) is 7.63. The quantitative estimate of drug-likeness (QED) is 0.409. The van der Waals surface area contributed by atoms with Gasteiger partial charge in [-0.15, -0.1) is 0 Å². The van der Waals surface area contributed by atoms with Crippen molar-refractivity contribution in [3.8, 4) is 0 Å². The predicted molar refractivity (Wildman–Crippen MR) is 61.3 cm³/mol. The lowest BCUT2D eigenvalue weighted by Gasteiger charge is -2.26. The van der Waals surface area contributed by atoms with E-state index in [1.807, 2.05) is 6.92 Å². The van der Waals surface area contributed by atoms with E-state index in [9.17, 15) is 18.0 Å². The van der Waals surface area contributed by atoms with E-state index in [1.165, 1.54) is 13.0 Å². The number of halogens is 4. The molecule has 106 valence electrons. The van der Waals surface area contributed by atoms with E-state index in [0.29, 0.717) is 6.42 Å². The summed E-state index contributed by atoms with van der Waals surface area (Å²) in [5, 5.41) is -3.44. The fourth-order valence-electron chi connectivity index (χ4n) is 0.996. The van der Waals surface area contributed by atoms with Gasteiger partial charge in [-0.1, -0.05) is 37.1 Å². The van der Waals surface area contributed by atoms with Gasteiger partial charge >= 0.3 is 17.2 Å². The Morgan fingerprint density at radius 2 is 1.89 bits per heavy atom. The molecule has 0 saturated carbocycles. The van der Waals surface area contributed by atoms with Gasteiger partial charge in [-0.25, -0.2) is 4.79 Å². The lowest BCUT2D eigenvalue weighted by Crippen LogP contribution is -2.50. The number of ether oxygens (including phenoxy) is 2. The van der Waals surface area contributed by atoms with Crippen LogP contribution in [0.3, 0.4) is 0 Å². The molecule has 0 aliphatic rings. The number of unbranched alkanes of at least 4 members (excludes halogenated alkanes) is 1. The molecule has 18 heavy (non-hydrogen) atoms. The first-order chi connectivity index (χ1) is 8.29. The summed E-state index contributed by atoms with van der Waals surface area (Å²) in [6.45, 7) is 2.68. The minimum atomic E-state index is -5.04. The van der Waals surface area contributed by atoms with Crippen molar-refractivity contribution in [3.63, 3.8) is 0 Å². The minimum absolute atomic E-state index is 0.210. The van der Waals surface area contributed by atoms with Crippen LogP contribution in [-0.4, -0.2) is 30.4 Å². The van der Waals surface area contributed by atoms with Crippen LogP contribution in [0.5, 0.6) is 0 Å². The van der Waals surface area contributed by atoms with E-state index in [2.05, 4.69) is 9.47 Å². The molecular formula is C11H16ClF3O3. The van der Waals surface area contributed by atoms with Gasteiger partial charge in [0.25, 0.3) is 0 Å². The molecule has 0 bridgehead atoms. The smallest absolute Gasteiger partial charge is 0.443 e. The zero-order valence-corrected chi connectivity index (χ0v) is 11.0. The van der Waals surface area contributed by atoms with E-state index < -0.39 is 23.8 Å². The van der Waals surface area contributed by atoms with E-state index >= 15 is 0 Å². The molecule has 0 fully saturated rings. The number of hydrogen-bond donors (Lipinski definition) is 0. The van der Waals surface area contributed by atoms with Crippen LogP contribution in [0.1, 0.15) is 26.7 Å². The molecule has 0 amide bonds. The van der Waals surface area contributed by atoms with Crippen molar-refractivity contribution in [1.82, 2.24) is 0 Å². The molecule has 0 aromatic carbocycles. The van der Waals surface area contributed by atoms with Gasteiger partial charge in [0.2, 0.25) is 0 Å². The first-order valence-corrected chi connectivity index (χ1v) is 5.89. The highest BCUT2D eigenvalue weighted by atomic mass is 35.5. The standard InChI is InChI=1S/C11H16ClF3O3/c1-3-5-6-7-8-18-10(12,11(13,14)15)9(16)17-4-2/h6-7H,3-5,8H2,1-2H3/b7-6+. The van der Waals surface area contributed by atoms with Crippen molar-refractivity contribution in [2.75, 3.05) is 13.2 Å². The highest BCUT2D eigenvalue weighted by Gasteiger charge is 2.62. The molecule has 0 saturated heterocycles. The van der Waals surface area contributed by atoms with Crippen molar-refractivity contribution in [2.24, 2.45) is 0 Å². The maximum atomic E-state index is 12.7. The molecule has 7 heteroatoms. The summed E-state index contributed by atoms with van der Waals surface area (Å²) in [5.74, 6) is -1.65. The Morgan fingerprint density at radius 1 is 1.28 bits per heavy atom. The first kappa shape index (κ1) is 17.2. The summed E-state index contributed by atoms with van der Waals surface area (Å²) in [6.07, 6.45) is -0.437. The molecule has 0 aliphatic heterocycles. The maximum Gasteiger partial charge on any atom is 0.443 e. The van der Waals surface area contributed by atoms with Gasteiger partial charge in [0.15, 0.2) is 0 Å². The third-order valence-corrected chi connectivity index (χ3v) is 2.38. The highest BCUT2D eigenvalue weighted by Crippen LogP contribution is 2.38. The van der Waals surface area contributed by atoms with Gasteiger partial charge in [0.05, 0.1) is 13.2 Å². The first-order valence-electron chi connectivity index (χ1n) is 5.51. The predicted octanol–water partition coefficient (Wildman–Crippen LogP) is 3.42. The van der Waals surface area contributed by atoms with Gasteiger partial charge in [-0.05, 0) is 13.3 Å². The number of rotatable bonds is 7. The van der Waals surface area contributed by atoms with Crippen molar-refractivity contribution >= 4 is 17.6 Å². The van der Waals surface area contributed by atoms with Crippen molar-refractivity contribution in [3.05, 3.63) is 12.2 Å². The van der Waals surface area contributed by atoms with Crippen LogP contribution < -0.4 is 0 Å². The number of alkyl halides is 4. The summed E-state index contributed by atoms with van der Waals surface area (Å²) in [4.78, 5) is 11.2. The number of carbonyl (C=O) groups excluding carboxylic acids is 1. The van der Waals surface area contributed by atoms with Crippen LogP contribution in [0, 0.1) is 0 Å². The largest absolute Gasteiger partial charge is 0.463 e. The third-order valence-electron chi connectivity index (χ3n) is 1.90. The van der Waals surface area contributed by atoms with Crippen molar-refractivity contribution in [2.45, 2.75) is 37.9 Å². The Kier molecular flexibility index (Phi) is 7.32. The number of carbonyl (C=O) groups is 1. The lowest BCUT2D eigenvalue weighted by atomic mass is 10.3. The van der Waals surface area contributed by atoms with Crippen LogP contribution in [0.2, 0.25) is 0 Å². The van der Waals surface area contributed by atoms with E-state index in [-0.39, 0.29) is 6.61 Å². The average Bonchev–Trinajstić information content (AvgIpc) is 2.27.